The third-order valence-corrected chi connectivity index (χ3v) is 3.75. The summed E-state index contributed by atoms with van der Waals surface area (Å²) in [7, 11) is 0. The van der Waals surface area contributed by atoms with E-state index in [2.05, 4.69) is 20.8 Å². The molecule has 0 aliphatic carbocycles. The molecule has 1 N–H and O–H groups in total. The lowest BCUT2D eigenvalue weighted by Gasteiger charge is -2.23. The van der Waals surface area contributed by atoms with Gasteiger partial charge < -0.3 is 4.74 Å². The van der Waals surface area contributed by atoms with E-state index in [9.17, 15) is 4.39 Å². The highest BCUT2D eigenvalue weighted by molar-refractivity contribution is 6.17. The minimum absolute atomic E-state index is 0. The molecule has 0 aliphatic heterocycles. The number of rotatable bonds is 6. The maximum absolute atomic E-state index is 14.3. The number of ether oxygens (including phenoxy) is 1. The highest BCUT2D eigenvalue weighted by atomic mass is 35.5. The fourth-order valence-electron chi connectivity index (χ4n) is 2.24. The van der Waals surface area contributed by atoms with Crippen molar-refractivity contribution in [3.05, 3.63) is 35.1 Å². The number of alkyl halides is 1. The van der Waals surface area contributed by atoms with E-state index in [1.165, 1.54) is 6.07 Å². The molecule has 2 nitrogen and oxygen atoms in total. The molecular weight excluding hydrogens is 324 g/mol. The van der Waals surface area contributed by atoms with Crippen molar-refractivity contribution in [2.75, 3.05) is 12.5 Å². The lowest BCUT2D eigenvalue weighted by molar-refractivity contribution is 0.304. The van der Waals surface area contributed by atoms with Crippen LogP contribution >= 0.6 is 24.0 Å². The molecule has 0 bridgehead atoms. The van der Waals surface area contributed by atoms with Crippen molar-refractivity contribution in [2.45, 2.75) is 51.9 Å². The van der Waals surface area contributed by atoms with E-state index in [-0.39, 0.29) is 35.5 Å². The van der Waals surface area contributed by atoms with Crippen molar-refractivity contribution in [1.29, 1.82) is 5.41 Å². The number of nitrogens with one attached hydrogen (secondary N) is 1. The van der Waals surface area contributed by atoms with Crippen LogP contribution in [0.1, 0.15) is 57.6 Å². The molecule has 22 heavy (non-hydrogen) atoms. The Bertz CT molecular complexity index is 486. The van der Waals surface area contributed by atoms with Gasteiger partial charge in [0.1, 0.15) is 5.82 Å². The third kappa shape index (κ3) is 5.77. The standard InChI is InChI=1S/C17H25ClFNO.ClH/c1-5-21-16(20)13(7-6-10-18)14-11-12(17(2,3)4)8-9-15(14)19;/h8-9,11,13,20H,5-7,10H2,1-4H3;1H. The van der Waals surface area contributed by atoms with Crippen LogP contribution in [0.5, 0.6) is 0 Å². The van der Waals surface area contributed by atoms with Gasteiger partial charge in [-0.25, -0.2) is 4.39 Å². The Balaban J connectivity index is 0.00000441. The molecule has 0 fully saturated rings. The zero-order valence-corrected chi connectivity index (χ0v) is 15.3. The molecule has 0 aliphatic rings. The van der Waals surface area contributed by atoms with Crippen LogP contribution in [0, 0.1) is 11.2 Å². The first-order chi connectivity index (χ1) is 9.81. The SMILES string of the molecule is CCOC(=N)C(CCCCl)c1cc(C(C)(C)C)ccc1F.Cl. The third-order valence-electron chi connectivity index (χ3n) is 3.48. The topological polar surface area (TPSA) is 33.1 Å². The predicted molar refractivity (Wildman–Crippen MR) is 94.4 cm³/mol. The number of hydrogen-bond donors (Lipinski definition) is 1. The summed E-state index contributed by atoms with van der Waals surface area (Å²) in [4.78, 5) is 0. The first-order valence-electron chi connectivity index (χ1n) is 7.38. The summed E-state index contributed by atoms with van der Waals surface area (Å²) in [6.07, 6.45) is 1.34. The van der Waals surface area contributed by atoms with Crippen molar-refractivity contribution >= 4 is 29.9 Å². The van der Waals surface area contributed by atoms with Crippen LogP contribution in [-0.4, -0.2) is 18.4 Å². The van der Waals surface area contributed by atoms with E-state index < -0.39 is 0 Å². The molecule has 1 unspecified atom stereocenters. The summed E-state index contributed by atoms with van der Waals surface area (Å²) in [6.45, 7) is 8.51. The van der Waals surface area contributed by atoms with Crippen LogP contribution in [0.4, 0.5) is 4.39 Å². The Kier molecular flexibility index (Phi) is 9.02. The number of halogens is 3. The molecule has 1 rings (SSSR count). The second kappa shape index (κ2) is 9.36. The molecule has 0 amide bonds. The van der Waals surface area contributed by atoms with Gasteiger partial charge in [0.15, 0.2) is 5.90 Å². The average Bonchev–Trinajstić information content (AvgIpc) is 2.40. The summed E-state index contributed by atoms with van der Waals surface area (Å²) < 4.78 is 19.6. The van der Waals surface area contributed by atoms with Gasteiger partial charge in [-0.2, -0.15) is 0 Å². The molecule has 0 saturated heterocycles. The molecule has 0 spiro atoms. The molecular formula is C17H26Cl2FNO. The zero-order valence-electron chi connectivity index (χ0n) is 13.7. The predicted octanol–water partition coefficient (Wildman–Crippen LogP) is 5.66. The molecule has 0 aromatic heterocycles. The summed E-state index contributed by atoms with van der Waals surface area (Å²) in [5.41, 5.74) is 1.53. The molecule has 0 heterocycles. The highest BCUT2D eigenvalue weighted by Gasteiger charge is 2.24. The second-order valence-electron chi connectivity index (χ2n) is 6.17. The lowest BCUT2D eigenvalue weighted by Crippen LogP contribution is -2.19. The van der Waals surface area contributed by atoms with E-state index in [4.69, 9.17) is 21.7 Å². The molecule has 1 atom stereocenters. The normalized spacial score (nSPS) is 12.5. The minimum atomic E-state index is -0.369. The van der Waals surface area contributed by atoms with E-state index in [1.807, 2.05) is 19.1 Å². The summed E-state index contributed by atoms with van der Waals surface area (Å²) in [5, 5.41) is 8.05. The maximum Gasteiger partial charge on any atom is 0.188 e. The van der Waals surface area contributed by atoms with Gasteiger partial charge in [-0.3, -0.25) is 5.41 Å². The largest absolute Gasteiger partial charge is 0.481 e. The van der Waals surface area contributed by atoms with E-state index in [0.717, 1.165) is 12.0 Å². The van der Waals surface area contributed by atoms with Crippen molar-refractivity contribution in [3.63, 3.8) is 0 Å². The van der Waals surface area contributed by atoms with Crippen LogP contribution in [0.3, 0.4) is 0 Å². The Morgan fingerprint density at radius 2 is 2.00 bits per heavy atom. The summed E-state index contributed by atoms with van der Waals surface area (Å²) in [5.74, 6) is -0.0400. The van der Waals surface area contributed by atoms with Crippen molar-refractivity contribution in [1.82, 2.24) is 0 Å². The molecule has 1 aromatic rings. The van der Waals surface area contributed by atoms with Gasteiger partial charge in [-0.1, -0.05) is 32.9 Å². The van der Waals surface area contributed by atoms with Gasteiger partial charge in [-0.15, -0.1) is 24.0 Å². The van der Waals surface area contributed by atoms with Gasteiger partial charge in [0, 0.05) is 11.4 Å². The van der Waals surface area contributed by atoms with Crippen LogP contribution < -0.4 is 0 Å². The fraction of sp³-hybridized carbons (Fsp3) is 0.588. The van der Waals surface area contributed by atoms with Crippen molar-refractivity contribution in [3.8, 4) is 0 Å². The molecule has 0 radical (unpaired) electrons. The average molecular weight is 350 g/mol. The van der Waals surface area contributed by atoms with Crippen molar-refractivity contribution < 1.29 is 9.13 Å². The van der Waals surface area contributed by atoms with E-state index in [0.29, 0.717) is 24.5 Å². The molecule has 5 heteroatoms. The Morgan fingerprint density at radius 1 is 1.36 bits per heavy atom. The van der Waals surface area contributed by atoms with Crippen LogP contribution in [-0.2, 0) is 10.2 Å². The van der Waals surface area contributed by atoms with Crippen LogP contribution in [0.2, 0.25) is 0 Å². The van der Waals surface area contributed by atoms with Gasteiger partial charge >= 0.3 is 0 Å². The zero-order chi connectivity index (χ0) is 16.0. The van der Waals surface area contributed by atoms with E-state index in [1.54, 1.807) is 0 Å². The summed E-state index contributed by atoms with van der Waals surface area (Å²) >= 11 is 5.75. The van der Waals surface area contributed by atoms with Crippen LogP contribution in [0.25, 0.3) is 0 Å². The maximum atomic E-state index is 14.3. The van der Waals surface area contributed by atoms with Crippen molar-refractivity contribution in [2.24, 2.45) is 0 Å². The molecule has 1 aromatic carbocycles. The van der Waals surface area contributed by atoms with Gasteiger partial charge in [-0.05, 0) is 36.8 Å². The monoisotopic (exact) mass is 349 g/mol. The summed E-state index contributed by atoms with van der Waals surface area (Å²) in [6, 6.07) is 5.16. The van der Waals surface area contributed by atoms with Gasteiger partial charge in [0.05, 0.1) is 12.5 Å². The van der Waals surface area contributed by atoms with E-state index >= 15 is 0 Å². The Labute approximate surface area is 144 Å². The van der Waals surface area contributed by atoms with Gasteiger partial charge in [0.2, 0.25) is 0 Å². The number of hydrogen-bond acceptors (Lipinski definition) is 2. The minimum Gasteiger partial charge on any atom is -0.481 e. The van der Waals surface area contributed by atoms with Crippen LogP contribution in [0.15, 0.2) is 18.2 Å². The first kappa shape index (κ1) is 21.2. The molecule has 126 valence electrons. The Hall–Kier alpha value is -0.800. The quantitative estimate of drug-likeness (QED) is 0.401. The Morgan fingerprint density at radius 3 is 2.50 bits per heavy atom. The fourth-order valence-corrected chi connectivity index (χ4v) is 2.40. The first-order valence-corrected chi connectivity index (χ1v) is 7.91. The number of benzene rings is 1. The second-order valence-corrected chi connectivity index (χ2v) is 6.55. The highest BCUT2D eigenvalue weighted by Crippen LogP contribution is 2.31. The van der Waals surface area contributed by atoms with Gasteiger partial charge in [0.25, 0.3) is 0 Å². The molecule has 0 saturated carbocycles. The lowest BCUT2D eigenvalue weighted by atomic mass is 9.83. The smallest absolute Gasteiger partial charge is 0.188 e.